The van der Waals surface area contributed by atoms with Crippen LogP contribution in [0.1, 0.15) is 64.2 Å². The number of hydrogen-bond acceptors (Lipinski definition) is 3. The summed E-state index contributed by atoms with van der Waals surface area (Å²) in [7, 11) is 2.32. The predicted octanol–water partition coefficient (Wildman–Crippen LogP) is 2.29. The van der Waals surface area contributed by atoms with Crippen molar-refractivity contribution in [1.82, 2.24) is 10.2 Å². The molecule has 110 valence electrons. The van der Waals surface area contributed by atoms with Gasteiger partial charge in [-0.1, -0.05) is 19.3 Å². The zero-order valence-corrected chi connectivity index (χ0v) is 12.4. The number of hydrogen-bond donors (Lipinski definition) is 2. The van der Waals surface area contributed by atoms with Gasteiger partial charge < -0.3 is 15.3 Å². The van der Waals surface area contributed by atoms with E-state index in [0.717, 1.165) is 18.9 Å². The van der Waals surface area contributed by atoms with Crippen LogP contribution in [0, 0.1) is 0 Å². The van der Waals surface area contributed by atoms with Crippen LogP contribution in [0.2, 0.25) is 0 Å². The molecule has 0 spiro atoms. The van der Waals surface area contributed by atoms with E-state index in [-0.39, 0.29) is 5.54 Å². The molecule has 0 amide bonds. The van der Waals surface area contributed by atoms with Crippen LogP contribution >= 0.6 is 0 Å². The molecule has 2 N–H and O–H groups in total. The Balaban J connectivity index is 1.56. The molecule has 0 aromatic carbocycles. The van der Waals surface area contributed by atoms with Gasteiger partial charge in [0.15, 0.2) is 0 Å². The quantitative estimate of drug-likeness (QED) is 0.801. The van der Waals surface area contributed by atoms with Gasteiger partial charge in [0.2, 0.25) is 0 Å². The van der Waals surface area contributed by atoms with Crippen molar-refractivity contribution in [2.45, 2.75) is 87.9 Å². The summed E-state index contributed by atoms with van der Waals surface area (Å²) in [6.07, 6.45) is 13.2. The Labute approximate surface area is 117 Å². The molecule has 0 aromatic rings. The van der Waals surface area contributed by atoms with Crippen LogP contribution in [0.15, 0.2) is 0 Å². The first-order chi connectivity index (χ1) is 9.22. The lowest BCUT2D eigenvalue weighted by Gasteiger charge is -2.37. The topological polar surface area (TPSA) is 35.5 Å². The van der Waals surface area contributed by atoms with E-state index in [0.29, 0.717) is 18.7 Å². The van der Waals surface area contributed by atoms with Crippen LogP contribution in [0.5, 0.6) is 0 Å². The Hall–Kier alpha value is -0.120. The molecule has 2 unspecified atom stereocenters. The zero-order valence-electron chi connectivity index (χ0n) is 12.4. The minimum atomic E-state index is 0.0365. The minimum Gasteiger partial charge on any atom is -0.394 e. The molecule has 3 fully saturated rings. The van der Waals surface area contributed by atoms with Crippen molar-refractivity contribution in [3.63, 3.8) is 0 Å². The van der Waals surface area contributed by atoms with Crippen molar-refractivity contribution < 1.29 is 5.11 Å². The van der Waals surface area contributed by atoms with Crippen molar-refractivity contribution in [2.24, 2.45) is 0 Å². The first-order valence-electron chi connectivity index (χ1n) is 8.33. The molecule has 3 aliphatic carbocycles. The van der Waals surface area contributed by atoms with E-state index in [2.05, 4.69) is 17.3 Å². The third kappa shape index (κ3) is 3.14. The highest BCUT2D eigenvalue weighted by Crippen LogP contribution is 2.37. The Bertz CT molecular complexity index is 299. The summed E-state index contributed by atoms with van der Waals surface area (Å²) in [5.41, 5.74) is 0.0365. The van der Waals surface area contributed by atoms with Gasteiger partial charge in [0, 0.05) is 23.7 Å². The van der Waals surface area contributed by atoms with Crippen molar-refractivity contribution in [2.75, 3.05) is 13.7 Å². The maximum Gasteiger partial charge on any atom is 0.0614 e. The molecule has 0 radical (unpaired) electrons. The lowest BCUT2D eigenvalue weighted by molar-refractivity contribution is 0.116. The first kappa shape index (κ1) is 13.8. The predicted molar refractivity (Wildman–Crippen MR) is 78.2 cm³/mol. The van der Waals surface area contributed by atoms with Gasteiger partial charge in [-0.15, -0.1) is 0 Å². The second-order valence-electron chi connectivity index (χ2n) is 7.21. The molecule has 3 saturated carbocycles. The van der Waals surface area contributed by atoms with E-state index in [1.165, 1.54) is 51.4 Å². The Kier molecular flexibility index (Phi) is 4.16. The summed E-state index contributed by atoms with van der Waals surface area (Å²) in [4.78, 5) is 2.64. The van der Waals surface area contributed by atoms with E-state index in [4.69, 9.17) is 0 Å². The van der Waals surface area contributed by atoms with Gasteiger partial charge in [0.1, 0.15) is 0 Å². The van der Waals surface area contributed by atoms with E-state index in [9.17, 15) is 5.11 Å². The summed E-state index contributed by atoms with van der Waals surface area (Å²) in [5.74, 6) is 0. The minimum absolute atomic E-state index is 0.0365. The fourth-order valence-electron chi connectivity index (χ4n) is 4.21. The zero-order chi connectivity index (χ0) is 13.3. The van der Waals surface area contributed by atoms with Crippen molar-refractivity contribution in [3.8, 4) is 0 Å². The highest BCUT2D eigenvalue weighted by molar-refractivity contribution is 5.03. The normalized spacial score (nSPS) is 37.1. The maximum absolute atomic E-state index is 9.82. The molecule has 0 aliphatic heterocycles. The number of rotatable bonds is 5. The van der Waals surface area contributed by atoms with Gasteiger partial charge in [0.25, 0.3) is 0 Å². The molecule has 0 heterocycles. The van der Waals surface area contributed by atoms with Crippen LogP contribution in [0.4, 0.5) is 0 Å². The van der Waals surface area contributed by atoms with Crippen LogP contribution in [0.3, 0.4) is 0 Å². The van der Waals surface area contributed by atoms with Crippen LogP contribution in [-0.4, -0.2) is 47.3 Å². The fraction of sp³-hybridized carbons (Fsp3) is 1.00. The molecule has 3 rings (SSSR count). The summed E-state index contributed by atoms with van der Waals surface area (Å²) in [5, 5.41) is 13.5. The molecule has 0 saturated heterocycles. The largest absolute Gasteiger partial charge is 0.394 e. The van der Waals surface area contributed by atoms with Crippen molar-refractivity contribution >= 4 is 0 Å². The molecule has 0 bridgehead atoms. The molecule has 3 heteroatoms. The van der Waals surface area contributed by atoms with Gasteiger partial charge in [-0.25, -0.2) is 0 Å². The molecule has 19 heavy (non-hydrogen) atoms. The summed E-state index contributed by atoms with van der Waals surface area (Å²) in [6.45, 7) is 0.318. The Morgan fingerprint density at radius 2 is 1.79 bits per heavy atom. The van der Waals surface area contributed by atoms with Gasteiger partial charge in [-0.05, 0) is 52.0 Å². The number of nitrogens with one attached hydrogen (secondary N) is 1. The second-order valence-corrected chi connectivity index (χ2v) is 7.21. The average molecular weight is 266 g/mol. The monoisotopic (exact) mass is 266 g/mol. The van der Waals surface area contributed by atoms with Gasteiger partial charge >= 0.3 is 0 Å². The number of aliphatic hydroxyl groups excluding tert-OH is 1. The van der Waals surface area contributed by atoms with Crippen LogP contribution in [0.25, 0.3) is 0 Å². The maximum atomic E-state index is 9.82. The number of aliphatic hydroxyl groups is 1. The van der Waals surface area contributed by atoms with E-state index in [1.54, 1.807) is 0 Å². The smallest absolute Gasteiger partial charge is 0.0614 e. The molecule has 3 aliphatic rings. The average Bonchev–Trinajstić information content (AvgIpc) is 3.16. The summed E-state index contributed by atoms with van der Waals surface area (Å²) in [6, 6.07) is 2.18. The number of nitrogens with zero attached hydrogens (tertiary/aromatic N) is 1. The fourth-order valence-corrected chi connectivity index (χ4v) is 4.21. The van der Waals surface area contributed by atoms with E-state index < -0.39 is 0 Å². The lowest BCUT2D eigenvalue weighted by atomic mass is 9.92. The van der Waals surface area contributed by atoms with Gasteiger partial charge in [0.05, 0.1) is 6.61 Å². The SMILES string of the molecule is CN(C1CCCCC1)C1CCC(CO)(NC2CC2)C1. The highest BCUT2D eigenvalue weighted by Gasteiger charge is 2.43. The van der Waals surface area contributed by atoms with Crippen molar-refractivity contribution in [3.05, 3.63) is 0 Å². The highest BCUT2D eigenvalue weighted by atomic mass is 16.3. The molecule has 3 nitrogen and oxygen atoms in total. The Morgan fingerprint density at radius 3 is 2.42 bits per heavy atom. The molecular weight excluding hydrogens is 236 g/mol. The summed E-state index contributed by atoms with van der Waals surface area (Å²) < 4.78 is 0. The summed E-state index contributed by atoms with van der Waals surface area (Å²) >= 11 is 0. The third-order valence-electron chi connectivity index (χ3n) is 5.70. The van der Waals surface area contributed by atoms with Gasteiger partial charge in [-0.3, -0.25) is 0 Å². The Morgan fingerprint density at radius 1 is 1.05 bits per heavy atom. The standard InChI is InChI=1S/C16H30N2O/c1-18(14-5-3-2-4-6-14)15-9-10-16(11-15,12-19)17-13-7-8-13/h13-15,17,19H,2-12H2,1H3. The molecule has 0 aromatic heterocycles. The molecular formula is C16H30N2O. The second kappa shape index (κ2) is 5.71. The van der Waals surface area contributed by atoms with Gasteiger partial charge in [-0.2, -0.15) is 0 Å². The third-order valence-corrected chi connectivity index (χ3v) is 5.70. The lowest BCUT2D eigenvalue weighted by Crippen LogP contribution is -2.49. The van der Waals surface area contributed by atoms with E-state index >= 15 is 0 Å². The van der Waals surface area contributed by atoms with E-state index in [1.807, 2.05) is 0 Å². The van der Waals surface area contributed by atoms with Crippen molar-refractivity contribution in [1.29, 1.82) is 0 Å². The molecule has 2 atom stereocenters. The first-order valence-corrected chi connectivity index (χ1v) is 8.33. The van der Waals surface area contributed by atoms with Crippen LogP contribution in [-0.2, 0) is 0 Å². The van der Waals surface area contributed by atoms with Crippen LogP contribution < -0.4 is 5.32 Å².